The van der Waals surface area contributed by atoms with Gasteiger partial charge in [-0.1, -0.05) is 12.8 Å². The Morgan fingerprint density at radius 3 is 2.50 bits per heavy atom. The van der Waals surface area contributed by atoms with Gasteiger partial charge in [-0.05, 0) is 38.0 Å². The second kappa shape index (κ2) is 7.96. The number of hydrogen-bond acceptors (Lipinski definition) is 6. The van der Waals surface area contributed by atoms with Crippen molar-refractivity contribution in [1.82, 2.24) is 29.4 Å². The number of nitrogens with zero attached hydrogens (tertiary/aromatic N) is 6. The molecule has 2 aliphatic rings. The molecule has 9 heteroatoms. The summed E-state index contributed by atoms with van der Waals surface area (Å²) in [5, 5.41) is 13.3. The Labute approximate surface area is 186 Å². The average Bonchev–Trinajstić information content (AvgIpc) is 3.41. The van der Waals surface area contributed by atoms with Crippen molar-refractivity contribution in [3.8, 4) is 22.9 Å². The highest BCUT2D eigenvalue weighted by molar-refractivity contribution is 5.95. The molecule has 1 saturated carbocycles. The number of ether oxygens (including phenoxy) is 2. The van der Waals surface area contributed by atoms with E-state index in [0.29, 0.717) is 23.6 Å². The van der Waals surface area contributed by atoms with Crippen LogP contribution in [0.25, 0.3) is 11.4 Å². The number of benzene rings is 1. The van der Waals surface area contributed by atoms with E-state index >= 15 is 0 Å². The summed E-state index contributed by atoms with van der Waals surface area (Å²) < 4.78 is 14.9. The van der Waals surface area contributed by atoms with Crippen LogP contribution < -0.4 is 9.47 Å². The van der Waals surface area contributed by atoms with Crippen molar-refractivity contribution in [2.24, 2.45) is 7.05 Å². The minimum Gasteiger partial charge on any atom is -0.493 e. The summed E-state index contributed by atoms with van der Waals surface area (Å²) in [5.74, 6) is 2.97. The number of carbonyl (C=O) groups is 1. The van der Waals surface area contributed by atoms with Crippen LogP contribution in [0, 0.1) is 6.92 Å². The maximum Gasteiger partial charge on any atom is 0.258 e. The summed E-state index contributed by atoms with van der Waals surface area (Å²) in [5.41, 5.74) is 2.46. The van der Waals surface area contributed by atoms with Gasteiger partial charge in [0.15, 0.2) is 23.1 Å². The Bertz CT molecular complexity index is 1170. The normalized spacial score (nSPS) is 19.9. The van der Waals surface area contributed by atoms with Gasteiger partial charge in [-0.3, -0.25) is 9.48 Å². The van der Waals surface area contributed by atoms with Gasteiger partial charge in [-0.2, -0.15) is 5.10 Å². The van der Waals surface area contributed by atoms with Gasteiger partial charge in [0.05, 0.1) is 44.6 Å². The molecule has 3 aromatic rings. The van der Waals surface area contributed by atoms with Gasteiger partial charge in [0, 0.05) is 18.3 Å². The fourth-order valence-electron chi connectivity index (χ4n) is 5.06. The topological polar surface area (TPSA) is 87.3 Å². The minimum absolute atomic E-state index is 0.0226. The second-order valence-electron chi connectivity index (χ2n) is 8.50. The molecule has 0 spiro atoms. The number of aryl methyl sites for hydroxylation is 1. The zero-order chi connectivity index (χ0) is 22.4. The summed E-state index contributed by atoms with van der Waals surface area (Å²) >= 11 is 0. The molecule has 5 rings (SSSR count). The number of amides is 1. The largest absolute Gasteiger partial charge is 0.493 e. The summed E-state index contributed by atoms with van der Waals surface area (Å²) in [4.78, 5) is 15.5. The van der Waals surface area contributed by atoms with Crippen LogP contribution in [0.15, 0.2) is 24.4 Å². The molecular formula is C23H28N6O3. The van der Waals surface area contributed by atoms with Crippen LogP contribution in [0.4, 0.5) is 0 Å². The van der Waals surface area contributed by atoms with Gasteiger partial charge in [-0.15, -0.1) is 10.2 Å². The lowest BCUT2D eigenvalue weighted by Gasteiger charge is -2.44. The van der Waals surface area contributed by atoms with E-state index in [-0.39, 0.29) is 18.0 Å². The van der Waals surface area contributed by atoms with Crippen LogP contribution in [0.2, 0.25) is 0 Å². The van der Waals surface area contributed by atoms with Gasteiger partial charge in [0.25, 0.3) is 5.91 Å². The zero-order valence-corrected chi connectivity index (χ0v) is 18.9. The average molecular weight is 437 g/mol. The number of fused-ring (bicyclic) bond motifs is 3. The van der Waals surface area contributed by atoms with Gasteiger partial charge < -0.3 is 18.9 Å². The first-order valence-corrected chi connectivity index (χ1v) is 11.0. The number of carbonyl (C=O) groups excluding carboxylic acids is 1. The van der Waals surface area contributed by atoms with Crippen LogP contribution in [0.1, 0.15) is 53.6 Å². The Kier molecular flexibility index (Phi) is 5.11. The van der Waals surface area contributed by atoms with Crippen molar-refractivity contribution in [2.75, 3.05) is 14.2 Å². The van der Waals surface area contributed by atoms with Gasteiger partial charge in [0.2, 0.25) is 0 Å². The molecule has 1 fully saturated rings. The van der Waals surface area contributed by atoms with Crippen molar-refractivity contribution in [3.63, 3.8) is 0 Å². The van der Waals surface area contributed by atoms with Crippen LogP contribution in [-0.2, 0) is 13.6 Å². The molecular weight excluding hydrogens is 408 g/mol. The molecule has 32 heavy (non-hydrogen) atoms. The van der Waals surface area contributed by atoms with E-state index < -0.39 is 0 Å². The number of methoxy groups -OCH3 is 2. The molecule has 9 nitrogen and oxygen atoms in total. The summed E-state index contributed by atoms with van der Waals surface area (Å²) in [7, 11) is 5.11. The van der Waals surface area contributed by atoms with Crippen LogP contribution in [0.5, 0.6) is 11.5 Å². The van der Waals surface area contributed by atoms with E-state index in [2.05, 4.69) is 19.9 Å². The maximum atomic E-state index is 13.5. The monoisotopic (exact) mass is 436 g/mol. The molecule has 0 radical (unpaired) electrons. The molecule has 0 bridgehead atoms. The fourth-order valence-corrected chi connectivity index (χ4v) is 5.06. The third kappa shape index (κ3) is 3.14. The predicted octanol–water partition coefficient (Wildman–Crippen LogP) is 3.14. The molecule has 0 N–H and O–H groups in total. The van der Waals surface area contributed by atoms with E-state index in [1.165, 1.54) is 0 Å². The molecule has 0 saturated heterocycles. The molecule has 2 aromatic heterocycles. The zero-order valence-electron chi connectivity index (χ0n) is 18.9. The lowest BCUT2D eigenvalue weighted by Crippen LogP contribution is -2.50. The third-order valence-corrected chi connectivity index (χ3v) is 6.87. The van der Waals surface area contributed by atoms with Crippen LogP contribution in [-0.4, -0.2) is 55.6 Å². The Morgan fingerprint density at radius 1 is 1.06 bits per heavy atom. The molecule has 1 aliphatic heterocycles. The maximum absolute atomic E-state index is 13.5. The highest BCUT2D eigenvalue weighted by Crippen LogP contribution is 2.41. The van der Waals surface area contributed by atoms with Crippen LogP contribution >= 0.6 is 0 Å². The van der Waals surface area contributed by atoms with Crippen molar-refractivity contribution in [2.45, 2.75) is 51.2 Å². The molecule has 3 heterocycles. The smallest absolute Gasteiger partial charge is 0.258 e. The molecule has 168 valence electrons. The van der Waals surface area contributed by atoms with E-state index in [4.69, 9.17) is 9.47 Å². The quantitative estimate of drug-likeness (QED) is 0.624. The fraction of sp³-hybridized carbons (Fsp3) is 0.478. The highest BCUT2D eigenvalue weighted by Gasteiger charge is 2.42. The number of rotatable bonds is 4. The summed E-state index contributed by atoms with van der Waals surface area (Å²) in [6, 6.07) is 6.06. The summed E-state index contributed by atoms with van der Waals surface area (Å²) in [6.45, 7) is 2.37. The third-order valence-electron chi connectivity index (χ3n) is 6.87. The van der Waals surface area contributed by atoms with Crippen molar-refractivity contribution < 1.29 is 14.3 Å². The first kappa shape index (κ1) is 20.5. The van der Waals surface area contributed by atoms with E-state index in [1.54, 1.807) is 25.1 Å². The highest BCUT2D eigenvalue weighted by atomic mass is 16.5. The number of aromatic nitrogens is 5. The van der Waals surface area contributed by atoms with Crippen molar-refractivity contribution in [3.05, 3.63) is 41.5 Å². The molecule has 1 aromatic carbocycles. The van der Waals surface area contributed by atoms with E-state index in [1.807, 2.05) is 37.1 Å². The second-order valence-corrected chi connectivity index (χ2v) is 8.50. The predicted molar refractivity (Wildman–Crippen MR) is 118 cm³/mol. The van der Waals surface area contributed by atoms with Crippen LogP contribution in [0.3, 0.4) is 0 Å². The first-order valence-electron chi connectivity index (χ1n) is 11.0. The number of hydrogen-bond donors (Lipinski definition) is 0. The molecule has 1 amide bonds. The SMILES string of the molecule is COc1ccc(-c2nnc3n2[C@H]2CCCC[C@H]2N(C(=O)c2cnn(C)c2C)C3)cc1OC. The lowest BCUT2D eigenvalue weighted by molar-refractivity contribution is 0.0420. The van der Waals surface area contributed by atoms with Gasteiger partial charge in [0.1, 0.15) is 0 Å². The van der Waals surface area contributed by atoms with Crippen molar-refractivity contribution in [1.29, 1.82) is 0 Å². The molecule has 2 atom stereocenters. The standard InChI is InChI=1S/C23H28N6O3/c1-14-16(12-24-27(14)2)23(30)28-13-21-25-26-22(29(21)18-8-6-5-7-17(18)28)15-9-10-19(31-3)20(11-15)32-4/h9-12,17-18H,5-8,13H2,1-4H3/t17-,18+/m1/s1. The molecule has 1 aliphatic carbocycles. The van der Waals surface area contributed by atoms with Gasteiger partial charge in [-0.25, -0.2) is 0 Å². The van der Waals surface area contributed by atoms with Gasteiger partial charge >= 0.3 is 0 Å². The van der Waals surface area contributed by atoms with E-state index in [0.717, 1.165) is 48.6 Å². The molecule has 0 unspecified atom stereocenters. The van der Waals surface area contributed by atoms with E-state index in [9.17, 15) is 4.79 Å². The lowest BCUT2D eigenvalue weighted by atomic mass is 9.86. The summed E-state index contributed by atoms with van der Waals surface area (Å²) in [6.07, 6.45) is 5.87. The minimum atomic E-state index is 0.0226. The Balaban J connectivity index is 1.55. The Morgan fingerprint density at radius 2 is 1.81 bits per heavy atom. The van der Waals surface area contributed by atoms with Crippen molar-refractivity contribution >= 4 is 5.91 Å². The first-order chi connectivity index (χ1) is 15.5. The Hall–Kier alpha value is -3.36.